The molecule has 0 radical (unpaired) electrons. The first-order valence-corrected chi connectivity index (χ1v) is 11.4. The van der Waals surface area contributed by atoms with Crippen LogP contribution in [-0.4, -0.2) is 34.0 Å². The quantitative estimate of drug-likeness (QED) is 0.230. The number of amides is 1. The Morgan fingerprint density at radius 3 is 2.59 bits per heavy atom. The second-order valence-electron chi connectivity index (χ2n) is 7.04. The van der Waals surface area contributed by atoms with Crippen LogP contribution >= 0.6 is 11.8 Å². The number of rotatable bonds is 9. The van der Waals surface area contributed by atoms with Gasteiger partial charge in [0.2, 0.25) is 0 Å². The summed E-state index contributed by atoms with van der Waals surface area (Å²) in [4.78, 5) is 17.1. The third-order valence-corrected chi connectivity index (χ3v) is 5.71. The van der Waals surface area contributed by atoms with E-state index >= 15 is 0 Å². The van der Waals surface area contributed by atoms with E-state index in [1.165, 1.54) is 17.3 Å². The average molecular weight is 445 g/mol. The van der Waals surface area contributed by atoms with Gasteiger partial charge in [-0.3, -0.25) is 4.79 Å². The molecule has 4 aromatic rings. The van der Waals surface area contributed by atoms with Crippen molar-refractivity contribution in [1.29, 1.82) is 0 Å². The lowest BCUT2D eigenvalue weighted by Gasteiger charge is -2.09. The summed E-state index contributed by atoms with van der Waals surface area (Å²) in [5.74, 6) is 0.845. The zero-order chi connectivity index (χ0) is 22.2. The molecule has 0 spiro atoms. The number of hydrazone groups is 1. The molecule has 0 bridgehead atoms. The first-order chi connectivity index (χ1) is 15.7. The molecule has 3 aromatic carbocycles. The van der Waals surface area contributed by atoms with E-state index in [-0.39, 0.29) is 11.7 Å². The number of fused-ring (bicyclic) bond motifs is 1. The van der Waals surface area contributed by atoms with Crippen molar-refractivity contribution in [3.05, 3.63) is 90.0 Å². The molecule has 0 aliphatic heterocycles. The normalized spacial score (nSPS) is 11.2. The van der Waals surface area contributed by atoms with Gasteiger partial charge >= 0.3 is 0 Å². The van der Waals surface area contributed by atoms with Crippen LogP contribution < -0.4 is 10.2 Å². The molecule has 0 saturated carbocycles. The van der Waals surface area contributed by atoms with Crippen LogP contribution in [-0.2, 0) is 11.3 Å². The van der Waals surface area contributed by atoms with Gasteiger partial charge in [0, 0.05) is 0 Å². The summed E-state index contributed by atoms with van der Waals surface area (Å²) in [6.07, 6.45) is 1.61. The SMILES string of the molecule is CCOc1ccc(/C=N/NC(=O)CSc2nc3ccccc3n2Cc2ccccc2)cc1. The Morgan fingerprint density at radius 1 is 1.06 bits per heavy atom. The maximum atomic E-state index is 12.3. The van der Waals surface area contributed by atoms with Crippen LogP contribution in [0.3, 0.4) is 0 Å². The van der Waals surface area contributed by atoms with Crippen molar-refractivity contribution >= 4 is 34.9 Å². The first-order valence-electron chi connectivity index (χ1n) is 10.4. The number of carbonyl (C=O) groups is 1. The van der Waals surface area contributed by atoms with E-state index in [2.05, 4.69) is 33.3 Å². The van der Waals surface area contributed by atoms with Crippen molar-refractivity contribution in [2.24, 2.45) is 5.10 Å². The smallest absolute Gasteiger partial charge is 0.250 e. The molecule has 0 saturated heterocycles. The van der Waals surface area contributed by atoms with Crippen LogP contribution in [0.5, 0.6) is 5.75 Å². The number of nitrogens with one attached hydrogen (secondary N) is 1. The van der Waals surface area contributed by atoms with Crippen LogP contribution in [0.25, 0.3) is 11.0 Å². The summed E-state index contributed by atoms with van der Waals surface area (Å²) in [5.41, 5.74) is 6.61. The van der Waals surface area contributed by atoms with Gasteiger partial charge in [-0.25, -0.2) is 10.4 Å². The van der Waals surface area contributed by atoms with Crippen LogP contribution in [0.15, 0.2) is 89.1 Å². The molecule has 1 aromatic heterocycles. The lowest BCUT2D eigenvalue weighted by atomic mass is 10.2. The Balaban J connectivity index is 1.39. The van der Waals surface area contributed by atoms with Crippen molar-refractivity contribution in [3.63, 3.8) is 0 Å². The van der Waals surface area contributed by atoms with Crippen molar-refractivity contribution < 1.29 is 9.53 Å². The number of hydrogen-bond acceptors (Lipinski definition) is 5. The van der Waals surface area contributed by atoms with Crippen molar-refractivity contribution in [2.45, 2.75) is 18.6 Å². The molecule has 0 aliphatic carbocycles. The Labute approximate surface area is 191 Å². The maximum absolute atomic E-state index is 12.3. The van der Waals surface area contributed by atoms with Crippen LogP contribution in [0.1, 0.15) is 18.1 Å². The number of benzene rings is 3. The monoisotopic (exact) mass is 444 g/mol. The fraction of sp³-hybridized carbons (Fsp3) is 0.160. The Morgan fingerprint density at radius 2 is 1.81 bits per heavy atom. The molecule has 1 heterocycles. The second-order valence-corrected chi connectivity index (χ2v) is 7.98. The standard InChI is InChI=1S/C25H24N4O2S/c1-2-31-21-14-12-19(13-15-21)16-26-28-24(30)18-32-25-27-22-10-6-7-11-23(22)29(25)17-20-8-4-3-5-9-20/h3-16H,2,17-18H2,1H3,(H,28,30)/b26-16+. The van der Waals surface area contributed by atoms with Gasteiger partial charge in [0.15, 0.2) is 5.16 Å². The number of imidazole rings is 1. The van der Waals surface area contributed by atoms with Gasteiger partial charge in [-0.2, -0.15) is 5.10 Å². The van der Waals surface area contributed by atoms with E-state index < -0.39 is 0 Å². The van der Waals surface area contributed by atoms with Gasteiger partial charge in [-0.05, 0) is 54.4 Å². The summed E-state index contributed by atoms with van der Waals surface area (Å²) in [6, 6.07) is 25.8. The number of thioether (sulfide) groups is 1. The summed E-state index contributed by atoms with van der Waals surface area (Å²) >= 11 is 1.40. The molecule has 32 heavy (non-hydrogen) atoms. The summed E-state index contributed by atoms with van der Waals surface area (Å²) < 4.78 is 7.57. The van der Waals surface area contributed by atoms with Gasteiger partial charge in [-0.15, -0.1) is 0 Å². The summed E-state index contributed by atoms with van der Waals surface area (Å²) in [7, 11) is 0. The fourth-order valence-electron chi connectivity index (χ4n) is 3.24. The zero-order valence-electron chi connectivity index (χ0n) is 17.8. The third-order valence-electron chi connectivity index (χ3n) is 4.73. The number of ether oxygens (including phenoxy) is 1. The molecule has 4 rings (SSSR count). The van der Waals surface area contributed by atoms with Crippen LogP contribution in [0, 0.1) is 0 Å². The van der Waals surface area contributed by atoms with E-state index in [0.29, 0.717) is 13.2 Å². The van der Waals surface area contributed by atoms with Gasteiger partial charge in [0.05, 0.1) is 36.2 Å². The number of carbonyl (C=O) groups excluding carboxylic acids is 1. The van der Waals surface area contributed by atoms with E-state index in [1.54, 1.807) is 6.21 Å². The molecule has 0 unspecified atom stereocenters. The minimum absolute atomic E-state index is 0.185. The molecule has 1 N–H and O–H groups in total. The van der Waals surface area contributed by atoms with Gasteiger partial charge in [-0.1, -0.05) is 54.2 Å². The predicted molar refractivity (Wildman–Crippen MR) is 129 cm³/mol. The van der Waals surface area contributed by atoms with E-state index in [9.17, 15) is 4.79 Å². The highest BCUT2D eigenvalue weighted by molar-refractivity contribution is 7.99. The lowest BCUT2D eigenvalue weighted by molar-refractivity contribution is -0.118. The Bertz CT molecular complexity index is 1200. The lowest BCUT2D eigenvalue weighted by Crippen LogP contribution is -2.20. The highest BCUT2D eigenvalue weighted by atomic mass is 32.2. The molecule has 0 fully saturated rings. The molecular weight excluding hydrogens is 420 g/mol. The van der Waals surface area contributed by atoms with Gasteiger partial charge in [0.1, 0.15) is 5.75 Å². The predicted octanol–water partition coefficient (Wildman–Crippen LogP) is 4.73. The minimum Gasteiger partial charge on any atom is -0.494 e. The maximum Gasteiger partial charge on any atom is 0.250 e. The van der Waals surface area contributed by atoms with Gasteiger partial charge in [0.25, 0.3) is 5.91 Å². The molecule has 1 amide bonds. The second kappa shape index (κ2) is 10.6. The topological polar surface area (TPSA) is 68.5 Å². The van der Waals surface area contributed by atoms with E-state index in [4.69, 9.17) is 9.72 Å². The highest BCUT2D eigenvalue weighted by Crippen LogP contribution is 2.25. The molecule has 7 heteroatoms. The summed E-state index contributed by atoms with van der Waals surface area (Å²) in [6.45, 7) is 3.27. The molecule has 0 aliphatic rings. The molecule has 6 nitrogen and oxygen atoms in total. The highest BCUT2D eigenvalue weighted by Gasteiger charge is 2.13. The van der Waals surface area contributed by atoms with E-state index in [1.807, 2.05) is 67.6 Å². The minimum atomic E-state index is -0.185. The number of para-hydroxylation sites is 2. The van der Waals surface area contributed by atoms with Gasteiger partial charge < -0.3 is 9.30 Å². The van der Waals surface area contributed by atoms with Crippen molar-refractivity contribution in [2.75, 3.05) is 12.4 Å². The Hall–Kier alpha value is -3.58. The Kier molecular flexibility index (Phi) is 7.19. The van der Waals surface area contributed by atoms with Crippen molar-refractivity contribution in [3.8, 4) is 5.75 Å². The van der Waals surface area contributed by atoms with E-state index in [0.717, 1.165) is 27.5 Å². The summed E-state index contributed by atoms with van der Waals surface area (Å²) in [5, 5.41) is 4.86. The third kappa shape index (κ3) is 5.56. The average Bonchev–Trinajstić information content (AvgIpc) is 3.17. The van der Waals surface area contributed by atoms with Crippen LogP contribution in [0.4, 0.5) is 0 Å². The number of hydrogen-bond donors (Lipinski definition) is 1. The largest absolute Gasteiger partial charge is 0.494 e. The molecular formula is C25H24N4O2S. The van der Waals surface area contributed by atoms with Crippen molar-refractivity contribution in [1.82, 2.24) is 15.0 Å². The van der Waals surface area contributed by atoms with Crippen LogP contribution in [0.2, 0.25) is 0 Å². The number of aromatic nitrogens is 2. The number of nitrogens with zero attached hydrogens (tertiary/aromatic N) is 3. The fourth-order valence-corrected chi connectivity index (χ4v) is 4.05. The molecule has 0 atom stereocenters. The molecule has 162 valence electrons. The first kappa shape index (κ1) is 21.6. The zero-order valence-corrected chi connectivity index (χ0v) is 18.6.